The average molecular weight is 556 g/mol. The number of methoxy groups -OCH3 is 2. The third-order valence-electron chi connectivity index (χ3n) is 5.67. The van der Waals surface area contributed by atoms with E-state index in [1.54, 1.807) is 14.2 Å². The highest BCUT2D eigenvalue weighted by Crippen LogP contribution is 2.79. The average Bonchev–Trinajstić information content (AvgIpc) is 2.84. The number of benzene rings is 2. The third kappa shape index (κ3) is 5.68. The zero-order valence-electron chi connectivity index (χ0n) is 22.9. The summed E-state index contributed by atoms with van der Waals surface area (Å²) in [6.45, 7) is 0. The van der Waals surface area contributed by atoms with Gasteiger partial charge in [-0.05, 0) is 105 Å². The smallest absolute Gasteiger partial charge is 0.243 e. The van der Waals surface area contributed by atoms with Gasteiger partial charge >= 0.3 is 0 Å². The van der Waals surface area contributed by atoms with Crippen LogP contribution in [0.3, 0.4) is 0 Å². The van der Waals surface area contributed by atoms with Gasteiger partial charge in [-0.3, -0.25) is 0 Å². The summed E-state index contributed by atoms with van der Waals surface area (Å²) < 4.78 is 35.7. The van der Waals surface area contributed by atoms with E-state index < -0.39 is 22.5 Å². The summed E-state index contributed by atoms with van der Waals surface area (Å²) in [7, 11) is 11.7. The summed E-state index contributed by atoms with van der Waals surface area (Å²) in [5.74, 6) is 1.59. The van der Waals surface area contributed by atoms with Gasteiger partial charge in [0.1, 0.15) is 11.5 Å². The molecule has 0 aliphatic carbocycles. The van der Waals surface area contributed by atoms with E-state index in [9.17, 15) is 0 Å². The Hall–Kier alpha value is -1.83. The van der Waals surface area contributed by atoms with E-state index in [2.05, 4.69) is 28.9 Å². The zero-order chi connectivity index (χ0) is 26.7. The Kier molecular flexibility index (Phi) is 9.00. The molecular weight excluding hydrogens is 515 g/mol. The van der Waals surface area contributed by atoms with Crippen molar-refractivity contribution in [2.75, 3.05) is 80.8 Å². The molecule has 0 amide bonds. The molecule has 2 unspecified atom stereocenters. The lowest BCUT2D eigenvalue weighted by Gasteiger charge is -2.44. The molecule has 0 saturated carbocycles. The Morgan fingerprint density at radius 3 is 1.19 bits per heavy atom. The lowest BCUT2D eigenvalue weighted by molar-refractivity contribution is 0.415. The Balaban J connectivity index is 2.33. The molecule has 1 aliphatic heterocycles. The number of anilines is 2. The van der Waals surface area contributed by atoms with Gasteiger partial charge in [0.25, 0.3) is 0 Å². The summed E-state index contributed by atoms with van der Waals surface area (Å²) >= 11 is 0. The second kappa shape index (κ2) is 11.3. The van der Waals surface area contributed by atoms with Gasteiger partial charge in [-0.1, -0.05) is 0 Å². The van der Waals surface area contributed by atoms with Crippen molar-refractivity contribution >= 4 is 33.9 Å². The van der Waals surface area contributed by atoms with Crippen molar-refractivity contribution < 1.29 is 9.47 Å². The lowest BCUT2D eigenvalue weighted by Crippen LogP contribution is -2.26. The van der Waals surface area contributed by atoms with Crippen molar-refractivity contribution in [2.24, 2.45) is 13.5 Å². The van der Waals surface area contributed by atoms with Crippen LogP contribution in [0.25, 0.3) is 0 Å². The highest BCUT2D eigenvalue weighted by atomic mass is 31.3. The molecule has 36 heavy (non-hydrogen) atoms. The maximum Gasteiger partial charge on any atom is 0.243 e. The van der Waals surface area contributed by atoms with E-state index in [1.807, 2.05) is 105 Å². The van der Waals surface area contributed by atoms with Crippen LogP contribution in [0, 0.1) is 0 Å². The zero-order valence-corrected chi connectivity index (χ0v) is 25.6. The first-order valence-corrected chi connectivity index (χ1v) is 16.3. The monoisotopic (exact) mass is 555 g/mol. The quantitative estimate of drug-likeness (QED) is 0.329. The van der Waals surface area contributed by atoms with Crippen molar-refractivity contribution in [1.29, 1.82) is 0 Å². The summed E-state index contributed by atoms with van der Waals surface area (Å²) in [5.41, 5.74) is 1.84. The van der Waals surface area contributed by atoms with Crippen LogP contribution in [0.5, 0.6) is 11.5 Å². The third-order valence-corrected chi connectivity index (χ3v) is 17.1. The molecule has 11 nitrogen and oxygen atoms in total. The van der Waals surface area contributed by atoms with Gasteiger partial charge in [0.05, 0.1) is 14.2 Å². The molecule has 0 spiro atoms. The molecule has 1 aliphatic rings. The minimum Gasteiger partial charge on any atom is -0.497 e. The fourth-order valence-corrected chi connectivity index (χ4v) is 16.9. The van der Waals surface area contributed by atoms with Crippen LogP contribution < -0.4 is 19.6 Å². The molecule has 2 aromatic rings. The largest absolute Gasteiger partial charge is 0.497 e. The Morgan fingerprint density at radius 1 is 0.528 bits per heavy atom. The van der Waals surface area contributed by atoms with Gasteiger partial charge in [-0.2, -0.15) is 13.5 Å². The Labute approximate surface area is 216 Å². The first-order chi connectivity index (χ1) is 16.9. The molecule has 200 valence electrons. The maximum atomic E-state index is 5.51. The van der Waals surface area contributed by atoms with Crippen molar-refractivity contribution in [1.82, 2.24) is 18.7 Å². The SMILES string of the molecule is COc1ccc(NP2(N(C)C)=NP(Nc3ccc(OC)cc3)(N(C)C)=NP(N(C)C)(N(C)C)=N2)cc1. The van der Waals surface area contributed by atoms with Crippen LogP contribution >= 0.6 is 22.5 Å². The topological polar surface area (TPSA) is 92.6 Å². The molecule has 1 heterocycles. The van der Waals surface area contributed by atoms with Gasteiger partial charge in [0.2, 0.25) is 22.5 Å². The van der Waals surface area contributed by atoms with Crippen LogP contribution in [-0.4, -0.2) is 89.3 Å². The van der Waals surface area contributed by atoms with Crippen molar-refractivity contribution in [3.63, 3.8) is 0 Å². The van der Waals surface area contributed by atoms with Crippen LogP contribution in [0.2, 0.25) is 0 Å². The molecule has 14 heteroatoms. The fourth-order valence-electron chi connectivity index (χ4n) is 3.53. The normalized spacial score (nSPS) is 23.2. The summed E-state index contributed by atoms with van der Waals surface area (Å²) in [4.78, 5) is 0. The molecule has 2 aromatic carbocycles. The molecule has 2 atom stereocenters. The minimum atomic E-state index is -2.68. The number of rotatable bonds is 10. The van der Waals surface area contributed by atoms with E-state index in [1.165, 1.54) is 0 Å². The van der Waals surface area contributed by atoms with Crippen LogP contribution in [0.15, 0.2) is 62.1 Å². The van der Waals surface area contributed by atoms with Gasteiger partial charge in [-0.15, -0.1) is 0 Å². The molecule has 0 fully saturated rings. The Bertz CT molecular complexity index is 1140. The standard InChI is InChI=1S/C22H40N9O2P3/c1-28(2)34(23-19-11-15-21(32-9)16-12-19)25-35(29(3)4,24-20-13-17-22(33-10)18-14-20)27-36(26-34,30(5)6)31(7)8/h11-18,23-24H,1-10H3. The number of ether oxygens (including phenoxy) is 2. The fraction of sp³-hybridized carbons (Fsp3) is 0.455. The molecule has 0 saturated heterocycles. The summed E-state index contributed by atoms with van der Waals surface area (Å²) in [6.07, 6.45) is 0. The number of hydrogen-bond acceptors (Lipinski definition) is 11. The second-order valence-corrected chi connectivity index (χ2v) is 18.2. The first-order valence-electron chi connectivity index (χ1n) is 11.4. The molecule has 3 rings (SSSR count). The van der Waals surface area contributed by atoms with Crippen LogP contribution in [0.4, 0.5) is 11.4 Å². The summed E-state index contributed by atoms with van der Waals surface area (Å²) in [5, 5.41) is 7.45. The van der Waals surface area contributed by atoms with E-state index >= 15 is 0 Å². The van der Waals surface area contributed by atoms with Crippen LogP contribution in [-0.2, 0) is 0 Å². The van der Waals surface area contributed by atoms with E-state index in [0.29, 0.717) is 0 Å². The molecule has 0 aromatic heterocycles. The second-order valence-electron chi connectivity index (χ2n) is 9.01. The predicted molar refractivity (Wildman–Crippen MR) is 156 cm³/mol. The van der Waals surface area contributed by atoms with Gasteiger partial charge in [0, 0.05) is 11.4 Å². The van der Waals surface area contributed by atoms with Crippen molar-refractivity contribution in [3.8, 4) is 11.5 Å². The number of nitrogens with zero attached hydrogens (tertiary/aromatic N) is 7. The van der Waals surface area contributed by atoms with E-state index in [0.717, 1.165) is 22.9 Å². The van der Waals surface area contributed by atoms with E-state index in [4.69, 9.17) is 23.0 Å². The lowest BCUT2D eigenvalue weighted by atomic mass is 10.3. The predicted octanol–water partition coefficient (Wildman–Crippen LogP) is 6.33. The summed E-state index contributed by atoms with van der Waals surface area (Å²) in [6, 6.07) is 15.7. The van der Waals surface area contributed by atoms with Gasteiger partial charge < -0.3 is 19.6 Å². The minimum absolute atomic E-state index is 0.796. The van der Waals surface area contributed by atoms with Crippen LogP contribution in [0.1, 0.15) is 0 Å². The van der Waals surface area contributed by atoms with Crippen molar-refractivity contribution in [2.45, 2.75) is 0 Å². The maximum absolute atomic E-state index is 5.51. The highest BCUT2D eigenvalue weighted by Gasteiger charge is 2.42. The first kappa shape index (κ1) is 28.7. The molecular formula is C22H40N9O2P3. The van der Waals surface area contributed by atoms with Crippen molar-refractivity contribution in [3.05, 3.63) is 48.5 Å². The number of nitrogens with one attached hydrogen (secondary N) is 2. The van der Waals surface area contributed by atoms with Gasteiger partial charge in [-0.25, -0.2) is 18.7 Å². The number of hydrogen-bond donors (Lipinski definition) is 2. The van der Waals surface area contributed by atoms with E-state index in [-0.39, 0.29) is 0 Å². The molecule has 0 radical (unpaired) electrons. The molecule has 0 bridgehead atoms. The molecule has 2 N–H and O–H groups in total. The van der Waals surface area contributed by atoms with Gasteiger partial charge in [0.15, 0.2) is 0 Å². The highest BCUT2D eigenvalue weighted by molar-refractivity contribution is 7.85. The Morgan fingerprint density at radius 2 is 0.889 bits per heavy atom.